The summed E-state index contributed by atoms with van der Waals surface area (Å²) in [6.07, 6.45) is 2.53. The molecule has 0 saturated carbocycles. The fraction of sp³-hybridized carbons (Fsp3) is 0.148. The predicted molar refractivity (Wildman–Crippen MR) is 124 cm³/mol. The van der Waals surface area contributed by atoms with Gasteiger partial charge in [0.2, 0.25) is 0 Å². The number of ether oxygens (including phenoxy) is 1. The lowest BCUT2D eigenvalue weighted by Gasteiger charge is -2.08. The molecule has 0 fully saturated rings. The van der Waals surface area contributed by atoms with Crippen LogP contribution in [0.1, 0.15) is 21.6 Å². The molecule has 3 aromatic carbocycles. The summed E-state index contributed by atoms with van der Waals surface area (Å²) in [5, 5.41) is 3.34. The van der Waals surface area contributed by atoms with E-state index in [1.165, 1.54) is 6.07 Å². The van der Waals surface area contributed by atoms with Crippen LogP contribution in [0.3, 0.4) is 0 Å². The maximum absolute atomic E-state index is 14.4. The minimum absolute atomic E-state index is 0.0674. The summed E-state index contributed by atoms with van der Waals surface area (Å²) in [5.41, 5.74) is 3.71. The van der Waals surface area contributed by atoms with E-state index in [2.05, 4.69) is 5.32 Å². The Balaban J connectivity index is 1.54. The summed E-state index contributed by atoms with van der Waals surface area (Å²) in [5.74, 6) is 0.995. The number of carbonyl (C=O) groups is 1. The minimum Gasteiger partial charge on any atom is -0.497 e. The summed E-state index contributed by atoms with van der Waals surface area (Å²) in [6, 6.07) is 23.6. The van der Waals surface area contributed by atoms with Crippen LogP contribution < -0.4 is 14.6 Å². The van der Waals surface area contributed by atoms with Gasteiger partial charge in [-0.3, -0.25) is 5.32 Å². The number of halogens is 1. The Morgan fingerprint density at radius 3 is 2.61 bits per heavy atom. The zero-order valence-corrected chi connectivity index (χ0v) is 18.2. The summed E-state index contributed by atoms with van der Waals surface area (Å²) in [7, 11) is 1.62. The fourth-order valence-corrected chi connectivity index (χ4v) is 4.14. The molecule has 2 heterocycles. The van der Waals surface area contributed by atoms with Crippen molar-refractivity contribution in [2.45, 2.75) is 18.9 Å². The fourth-order valence-electron chi connectivity index (χ4n) is 4.14. The first-order chi connectivity index (χ1) is 16.1. The first-order valence-electron chi connectivity index (χ1n) is 10.8. The van der Waals surface area contributed by atoms with Crippen molar-refractivity contribution in [3.63, 3.8) is 0 Å². The van der Waals surface area contributed by atoms with Crippen LogP contribution in [0.15, 0.2) is 85.1 Å². The number of rotatable bonds is 6. The van der Waals surface area contributed by atoms with Crippen molar-refractivity contribution in [1.82, 2.24) is 4.98 Å². The lowest BCUT2D eigenvalue weighted by molar-refractivity contribution is -0.552. The van der Waals surface area contributed by atoms with Gasteiger partial charge in [-0.1, -0.05) is 60.7 Å². The average molecular weight is 440 g/mol. The SMILES string of the molecule is COc1cccc(CC2Nc3c(Cc4ccccc4F)nc(-c4ccccc4)c[n+]3C2=O)c1. The van der Waals surface area contributed by atoms with Gasteiger partial charge in [0.05, 0.1) is 7.11 Å². The van der Waals surface area contributed by atoms with Gasteiger partial charge in [-0.05, 0) is 29.3 Å². The van der Waals surface area contributed by atoms with Crippen LogP contribution in [0.2, 0.25) is 0 Å². The van der Waals surface area contributed by atoms with Crippen LogP contribution in [-0.4, -0.2) is 24.0 Å². The number of aromatic nitrogens is 2. The summed E-state index contributed by atoms with van der Waals surface area (Å²) in [4.78, 5) is 18.2. The zero-order valence-electron chi connectivity index (χ0n) is 18.2. The number of anilines is 1. The molecule has 0 bridgehead atoms. The molecule has 0 amide bonds. The van der Waals surface area contributed by atoms with Crippen LogP contribution >= 0.6 is 0 Å². The van der Waals surface area contributed by atoms with Crippen LogP contribution in [0.25, 0.3) is 11.3 Å². The molecule has 164 valence electrons. The smallest absolute Gasteiger partial charge is 0.359 e. The average Bonchev–Trinajstić information content (AvgIpc) is 3.16. The van der Waals surface area contributed by atoms with Crippen molar-refractivity contribution in [1.29, 1.82) is 0 Å². The second kappa shape index (κ2) is 8.82. The molecule has 5 rings (SSSR count). The third-order valence-electron chi connectivity index (χ3n) is 5.83. The van der Waals surface area contributed by atoms with Gasteiger partial charge < -0.3 is 4.74 Å². The van der Waals surface area contributed by atoms with Crippen LogP contribution in [-0.2, 0) is 12.8 Å². The van der Waals surface area contributed by atoms with Crippen LogP contribution in [0.4, 0.5) is 10.2 Å². The van der Waals surface area contributed by atoms with E-state index in [4.69, 9.17) is 9.72 Å². The van der Waals surface area contributed by atoms with Gasteiger partial charge in [0, 0.05) is 18.4 Å². The number of nitrogens with zero attached hydrogens (tertiary/aromatic N) is 2. The molecule has 1 aliphatic heterocycles. The first kappa shape index (κ1) is 20.8. The summed E-state index contributed by atoms with van der Waals surface area (Å²) < 4.78 is 21.4. The molecule has 0 saturated heterocycles. The molecule has 5 nitrogen and oxygen atoms in total. The third-order valence-corrected chi connectivity index (χ3v) is 5.83. The Morgan fingerprint density at radius 2 is 1.82 bits per heavy atom. The Morgan fingerprint density at radius 1 is 1.03 bits per heavy atom. The maximum atomic E-state index is 14.4. The molecule has 1 aliphatic rings. The van der Waals surface area contributed by atoms with Gasteiger partial charge in [-0.2, -0.15) is 4.57 Å². The van der Waals surface area contributed by atoms with Crippen LogP contribution in [0, 0.1) is 5.82 Å². The van der Waals surface area contributed by atoms with E-state index in [-0.39, 0.29) is 18.1 Å². The van der Waals surface area contributed by atoms with Gasteiger partial charge >= 0.3 is 11.7 Å². The molecule has 6 heteroatoms. The highest BCUT2D eigenvalue weighted by Crippen LogP contribution is 2.26. The summed E-state index contributed by atoms with van der Waals surface area (Å²) in [6.45, 7) is 0. The molecular formula is C27H23FN3O2+. The van der Waals surface area contributed by atoms with E-state index in [0.29, 0.717) is 29.2 Å². The highest BCUT2D eigenvalue weighted by molar-refractivity contribution is 5.82. The van der Waals surface area contributed by atoms with Crippen molar-refractivity contribution >= 4 is 11.7 Å². The lowest BCUT2D eigenvalue weighted by atomic mass is 10.1. The van der Waals surface area contributed by atoms with E-state index in [1.54, 1.807) is 36.1 Å². The van der Waals surface area contributed by atoms with Crippen molar-refractivity contribution in [3.05, 3.63) is 108 Å². The Hall–Kier alpha value is -4.06. The number of hydrogen-bond donors (Lipinski definition) is 1. The Labute approximate surface area is 191 Å². The van der Waals surface area contributed by atoms with E-state index in [0.717, 1.165) is 16.9 Å². The van der Waals surface area contributed by atoms with Crippen molar-refractivity contribution in [2.75, 3.05) is 12.4 Å². The highest BCUT2D eigenvalue weighted by Gasteiger charge is 2.41. The van der Waals surface area contributed by atoms with Crippen molar-refractivity contribution < 1.29 is 18.5 Å². The van der Waals surface area contributed by atoms with E-state index in [9.17, 15) is 9.18 Å². The lowest BCUT2D eigenvalue weighted by Crippen LogP contribution is -2.44. The normalized spacial score (nSPS) is 14.6. The quantitative estimate of drug-likeness (QED) is 0.450. The molecular weight excluding hydrogens is 417 g/mol. The maximum Gasteiger partial charge on any atom is 0.359 e. The number of fused-ring (bicyclic) bond motifs is 1. The molecule has 1 aromatic heterocycles. The number of carbonyl (C=O) groups excluding carboxylic acids is 1. The molecule has 1 N–H and O–H groups in total. The molecule has 4 aromatic rings. The van der Waals surface area contributed by atoms with Gasteiger partial charge in [-0.15, -0.1) is 0 Å². The van der Waals surface area contributed by atoms with E-state index < -0.39 is 6.04 Å². The highest BCUT2D eigenvalue weighted by atomic mass is 19.1. The topological polar surface area (TPSA) is 55.1 Å². The monoisotopic (exact) mass is 440 g/mol. The molecule has 0 radical (unpaired) electrons. The predicted octanol–water partition coefficient (Wildman–Crippen LogP) is 4.45. The number of benzene rings is 3. The molecule has 0 spiro atoms. The standard InChI is InChI=1S/C27H22FN3O2/c1-33-21-12-7-8-18(14-21)15-24-27(32)31-17-25(19-9-3-2-4-10-19)29-23(26(31)30-24)16-20-11-5-6-13-22(20)28/h2-14,17,24H,15-16H2,1H3/p+1. The number of nitrogens with one attached hydrogen (secondary N) is 1. The molecule has 1 unspecified atom stereocenters. The van der Waals surface area contributed by atoms with Gasteiger partial charge in [0.25, 0.3) is 0 Å². The van der Waals surface area contributed by atoms with E-state index >= 15 is 0 Å². The van der Waals surface area contributed by atoms with Crippen molar-refractivity contribution in [3.8, 4) is 17.0 Å². The number of methoxy groups -OCH3 is 1. The second-order valence-electron chi connectivity index (χ2n) is 8.02. The molecule has 1 atom stereocenters. The van der Waals surface area contributed by atoms with Crippen LogP contribution in [0.5, 0.6) is 5.75 Å². The summed E-state index contributed by atoms with van der Waals surface area (Å²) >= 11 is 0. The molecule has 0 aliphatic carbocycles. The number of hydrogen-bond acceptors (Lipinski definition) is 4. The third kappa shape index (κ3) is 4.20. The largest absolute Gasteiger partial charge is 0.497 e. The van der Waals surface area contributed by atoms with E-state index in [1.807, 2.05) is 54.6 Å². The van der Waals surface area contributed by atoms with Gasteiger partial charge in [0.1, 0.15) is 29.2 Å². The second-order valence-corrected chi connectivity index (χ2v) is 8.02. The minimum atomic E-state index is -0.454. The zero-order chi connectivity index (χ0) is 22.8. The van der Waals surface area contributed by atoms with Gasteiger partial charge in [-0.25, -0.2) is 14.2 Å². The van der Waals surface area contributed by atoms with Crippen molar-refractivity contribution in [2.24, 2.45) is 0 Å². The Bertz CT molecular complexity index is 1320. The first-order valence-corrected chi connectivity index (χ1v) is 10.8. The molecule has 33 heavy (non-hydrogen) atoms. The van der Waals surface area contributed by atoms with Gasteiger partial charge in [0.15, 0.2) is 6.04 Å². The Kier molecular flexibility index (Phi) is 5.57.